The number of fused-ring (bicyclic) bond motifs is 1. The van der Waals surface area contributed by atoms with Crippen LogP contribution in [0, 0.1) is 5.92 Å². The summed E-state index contributed by atoms with van der Waals surface area (Å²) in [6.07, 6.45) is 3.94. The molecule has 2 fully saturated rings. The smallest absolute Gasteiger partial charge is 0.104 e. The van der Waals surface area contributed by atoms with Crippen molar-refractivity contribution in [3.63, 3.8) is 0 Å². The number of thiocarbonyl (C=S) groups is 1. The molecule has 0 aromatic heterocycles. The van der Waals surface area contributed by atoms with Crippen LogP contribution < -0.4 is 10.6 Å². The van der Waals surface area contributed by atoms with Crippen LogP contribution in [0.1, 0.15) is 24.8 Å². The topological polar surface area (TPSA) is 32.5 Å². The first kappa shape index (κ1) is 15.3. The zero-order valence-corrected chi connectivity index (χ0v) is 14.8. The van der Waals surface area contributed by atoms with Crippen LogP contribution in [-0.2, 0) is 0 Å². The van der Waals surface area contributed by atoms with E-state index in [-0.39, 0.29) is 0 Å². The molecule has 2 aliphatic heterocycles. The van der Waals surface area contributed by atoms with Gasteiger partial charge in [-0.3, -0.25) is 0 Å². The van der Waals surface area contributed by atoms with Gasteiger partial charge in [0.15, 0.2) is 0 Å². The normalized spacial score (nSPS) is 26.5. The zero-order chi connectivity index (χ0) is 15.0. The second-order valence-corrected chi connectivity index (χ2v) is 7.51. The molecule has 2 N–H and O–H groups in total. The third kappa shape index (κ3) is 3.10. The summed E-state index contributed by atoms with van der Waals surface area (Å²) in [5.74, 6) is 0.791. The van der Waals surface area contributed by atoms with Gasteiger partial charge in [-0.1, -0.05) is 12.2 Å². The van der Waals surface area contributed by atoms with Gasteiger partial charge in [-0.15, -0.1) is 0 Å². The van der Waals surface area contributed by atoms with Crippen LogP contribution in [0.2, 0.25) is 0 Å². The summed E-state index contributed by atoms with van der Waals surface area (Å²) in [6.45, 7) is 3.53. The Morgan fingerprint density at radius 2 is 2.14 bits per heavy atom. The second kappa shape index (κ2) is 6.23. The van der Waals surface area contributed by atoms with Crippen molar-refractivity contribution in [2.45, 2.75) is 25.3 Å². The summed E-state index contributed by atoms with van der Waals surface area (Å²) in [6, 6.07) is 6.98. The highest BCUT2D eigenvalue weighted by atomic mass is 79.9. The number of likely N-dealkylation sites (tertiary alicyclic amines) is 1. The Morgan fingerprint density at radius 1 is 1.33 bits per heavy atom. The van der Waals surface area contributed by atoms with Crippen molar-refractivity contribution in [1.82, 2.24) is 4.90 Å². The molecule has 0 amide bonds. The van der Waals surface area contributed by atoms with E-state index in [0.717, 1.165) is 35.1 Å². The van der Waals surface area contributed by atoms with Crippen LogP contribution in [0.25, 0.3) is 0 Å². The lowest BCUT2D eigenvalue weighted by Crippen LogP contribution is -2.52. The minimum atomic E-state index is 0.454. The van der Waals surface area contributed by atoms with Gasteiger partial charge in [-0.2, -0.15) is 0 Å². The van der Waals surface area contributed by atoms with Gasteiger partial charge in [-0.05, 0) is 72.9 Å². The maximum atomic E-state index is 5.71. The number of hydrogen-bond acceptors (Lipinski definition) is 3. The van der Waals surface area contributed by atoms with Crippen molar-refractivity contribution >= 4 is 38.8 Å². The van der Waals surface area contributed by atoms with Crippen molar-refractivity contribution in [1.29, 1.82) is 0 Å². The first-order chi connectivity index (χ1) is 10.1. The Bertz CT molecular complexity index is 548. The number of nitrogens with two attached hydrogens (primary N) is 1. The molecule has 3 nitrogen and oxygen atoms in total. The monoisotopic (exact) mass is 367 g/mol. The molecule has 2 unspecified atom stereocenters. The fraction of sp³-hybridized carbons (Fsp3) is 0.562. The van der Waals surface area contributed by atoms with Gasteiger partial charge >= 0.3 is 0 Å². The van der Waals surface area contributed by atoms with Crippen molar-refractivity contribution < 1.29 is 0 Å². The Labute approximate surface area is 140 Å². The number of rotatable bonds is 2. The number of piperidine rings is 2. The fourth-order valence-corrected chi connectivity index (χ4v) is 4.54. The summed E-state index contributed by atoms with van der Waals surface area (Å²) in [5.41, 5.74) is 7.89. The summed E-state index contributed by atoms with van der Waals surface area (Å²) < 4.78 is 1.09. The molecule has 0 spiro atoms. The standard InChI is InChI=1S/C16H22BrN3S/c1-19-7-2-3-12-10-20(8-6-14(12)19)15-5-4-11(16(18)21)9-13(15)17/h4-5,9,12,14H,2-3,6-8,10H2,1H3,(H2,18,21). The lowest BCUT2D eigenvalue weighted by atomic mass is 9.84. The summed E-state index contributed by atoms with van der Waals surface area (Å²) in [7, 11) is 2.28. The van der Waals surface area contributed by atoms with Crippen molar-refractivity contribution in [3.05, 3.63) is 28.2 Å². The van der Waals surface area contributed by atoms with E-state index < -0.39 is 0 Å². The molecule has 1 aromatic rings. The largest absolute Gasteiger partial charge is 0.389 e. The average molecular weight is 368 g/mol. The summed E-state index contributed by atoms with van der Waals surface area (Å²) in [4.78, 5) is 5.51. The van der Waals surface area contributed by atoms with Crippen molar-refractivity contribution in [2.24, 2.45) is 11.7 Å². The molecular formula is C16H22BrN3S. The highest BCUT2D eigenvalue weighted by Crippen LogP contribution is 2.35. The third-order valence-corrected chi connectivity index (χ3v) is 5.79. The van der Waals surface area contributed by atoms with E-state index in [0.29, 0.717) is 4.99 Å². The molecule has 2 aliphatic rings. The predicted octanol–water partition coefficient (Wildman–Crippen LogP) is 3.00. The van der Waals surface area contributed by atoms with E-state index in [1.807, 2.05) is 12.1 Å². The van der Waals surface area contributed by atoms with Gasteiger partial charge in [0.2, 0.25) is 0 Å². The van der Waals surface area contributed by atoms with Crippen molar-refractivity contribution in [2.75, 3.05) is 31.6 Å². The first-order valence-electron chi connectivity index (χ1n) is 7.61. The maximum absolute atomic E-state index is 5.71. The van der Waals surface area contributed by atoms with Gasteiger partial charge in [0.05, 0.1) is 5.69 Å². The van der Waals surface area contributed by atoms with Gasteiger partial charge in [0.1, 0.15) is 4.99 Å². The molecule has 2 saturated heterocycles. The van der Waals surface area contributed by atoms with Gasteiger partial charge < -0.3 is 15.5 Å². The Hall–Kier alpha value is -0.650. The van der Waals surface area contributed by atoms with Crippen LogP contribution in [0.4, 0.5) is 5.69 Å². The lowest BCUT2D eigenvalue weighted by molar-refractivity contribution is 0.102. The molecule has 0 aliphatic carbocycles. The van der Waals surface area contributed by atoms with E-state index in [1.165, 1.54) is 31.5 Å². The molecule has 0 radical (unpaired) electrons. The lowest BCUT2D eigenvalue weighted by Gasteiger charge is -2.46. The molecule has 21 heavy (non-hydrogen) atoms. The van der Waals surface area contributed by atoms with E-state index in [4.69, 9.17) is 18.0 Å². The van der Waals surface area contributed by atoms with E-state index in [1.54, 1.807) is 0 Å². The zero-order valence-electron chi connectivity index (χ0n) is 12.4. The molecule has 5 heteroatoms. The van der Waals surface area contributed by atoms with E-state index in [9.17, 15) is 0 Å². The van der Waals surface area contributed by atoms with Crippen LogP contribution in [0.3, 0.4) is 0 Å². The molecule has 0 bridgehead atoms. The summed E-state index contributed by atoms with van der Waals surface area (Å²) >= 11 is 8.73. The SMILES string of the molecule is CN1CCCC2CN(c3ccc(C(N)=S)cc3Br)CCC21. The predicted molar refractivity (Wildman–Crippen MR) is 96.0 cm³/mol. The van der Waals surface area contributed by atoms with Crippen molar-refractivity contribution in [3.8, 4) is 0 Å². The Balaban J connectivity index is 1.78. The number of nitrogens with zero attached hydrogens (tertiary/aromatic N) is 2. The molecule has 2 atom stereocenters. The molecule has 114 valence electrons. The number of anilines is 1. The second-order valence-electron chi connectivity index (χ2n) is 6.22. The molecule has 2 heterocycles. The quantitative estimate of drug-likeness (QED) is 0.814. The van der Waals surface area contributed by atoms with Gasteiger partial charge in [0.25, 0.3) is 0 Å². The highest BCUT2D eigenvalue weighted by molar-refractivity contribution is 9.10. The fourth-order valence-electron chi connectivity index (χ4n) is 3.79. The van der Waals surface area contributed by atoms with Crippen LogP contribution in [-0.4, -0.2) is 42.6 Å². The summed E-state index contributed by atoms with van der Waals surface area (Å²) in [5, 5.41) is 0. The Kier molecular flexibility index (Phi) is 4.52. The first-order valence-corrected chi connectivity index (χ1v) is 8.81. The van der Waals surface area contributed by atoms with Gasteiger partial charge in [-0.25, -0.2) is 0 Å². The minimum absolute atomic E-state index is 0.454. The van der Waals surface area contributed by atoms with Gasteiger partial charge in [0, 0.05) is 29.2 Å². The van der Waals surface area contributed by atoms with Crippen LogP contribution >= 0.6 is 28.1 Å². The number of benzene rings is 1. The number of halogens is 1. The van der Waals surface area contributed by atoms with Crippen LogP contribution in [0.5, 0.6) is 0 Å². The maximum Gasteiger partial charge on any atom is 0.104 e. The number of hydrogen-bond donors (Lipinski definition) is 1. The van der Waals surface area contributed by atoms with E-state index in [2.05, 4.69) is 38.8 Å². The highest BCUT2D eigenvalue weighted by Gasteiger charge is 2.34. The third-order valence-electron chi connectivity index (χ3n) is 4.92. The molecule has 0 saturated carbocycles. The van der Waals surface area contributed by atoms with E-state index >= 15 is 0 Å². The van der Waals surface area contributed by atoms with Crippen LogP contribution in [0.15, 0.2) is 22.7 Å². The molecular weight excluding hydrogens is 346 g/mol. The molecule has 1 aromatic carbocycles. The minimum Gasteiger partial charge on any atom is -0.389 e. The molecule has 3 rings (SSSR count). The Morgan fingerprint density at radius 3 is 2.86 bits per heavy atom. The average Bonchev–Trinajstić information content (AvgIpc) is 2.47.